The van der Waals surface area contributed by atoms with Crippen LogP contribution in [0.3, 0.4) is 0 Å². The van der Waals surface area contributed by atoms with Gasteiger partial charge >= 0.3 is 0 Å². The van der Waals surface area contributed by atoms with E-state index in [4.69, 9.17) is 26.8 Å². The van der Waals surface area contributed by atoms with E-state index in [1.165, 1.54) is 0 Å². The largest absolute Gasteiger partial charge is 0.400 e. The molecular weight excluding hydrogens is 330 g/mol. The molecule has 1 aliphatic carbocycles. The molecule has 1 fully saturated rings. The Morgan fingerprint density at radius 2 is 2.08 bits per heavy atom. The smallest absolute Gasteiger partial charge is 0.174 e. The fourth-order valence-electron chi connectivity index (χ4n) is 2.89. The molecule has 0 aliphatic heterocycles. The van der Waals surface area contributed by atoms with E-state index in [1.54, 1.807) is 18.5 Å². The van der Waals surface area contributed by atoms with Crippen LogP contribution in [0.25, 0.3) is 0 Å². The maximum absolute atomic E-state index is 9.42. The third-order valence-electron chi connectivity index (χ3n) is 3.87. The summed E-state index contributed by atoms with van der Waals surface area (Å²) in [4.78, 5) is 8.70. The average molecular weight is 354 g/mol. The predicted molar refractivity (Wildman–Crippen MR) is 94.5 cm³/mol. The zero-order chi connectivity index (χ0) is 17.6. The molecular formula is C17H24ClN3O3. The first-order chi connectivity index (χ1) is 11.5. The summed E-state index contributed by atoms with van der Waals surface area (Å²) in [5.74, 6) is -0.715. The minimum atomic E-state index is -0.715. The van der Waals surface area contributed by atoms with E-state index in [9.17, 15) is 5.11 Å². The molecule has 2 rings (SSSR count). The van der Waals surface area contributed by atoms with Gasteiger partial charge in [-0.2, -0.15) is 0 Å². The Labute approximate surface area is 147 Å². The lowest BCUT2D eigenvalue weighted by molar-refractivity contribution is -0.233. The van der Waals surface area contributed by atoms with E-state index in [-0.39, 0.29) is 6.61 Å². The number of aliphatic imine (C=N–C) groups is 1. The number of aromatic nitrogens is 1. The van der Waals surface area contributed by atoms with Gasteiger partial charge < -0.3 is 20.3 Å². The summed E-state index contributed by atoms with van der Waals surface area (Å²) in [5.41, 5.74) is 8.61. The Morgan fingerprint density at radius 1 is 1.38 bits per heavy atom. The molecule has 6 nitrogen and oxygen atoms in total. The van der Waals surface area contributed by atoms with Crippen LogP contribution in [0.2, 0.25) is 5.02 Å². The summed E-state index contributed by atoms with van der Waals surface area (Å²) in [5, 5.41) is 9.93. The van der Waals surface area contributed by atoms with Gasteiger partial charge in [-0.05, 0) is 31.9 Å². The van der Waals surface area contributed by atoms with Crippen LogP contribution in [0.1, 0.15) is 33.1 Å². The number of pyridine rings is 1. The summed E-state index contributed by atoms with van der Waals surface area (Å²) in [6.45, 7) is 4.75. The van der Waals surface area contributed by atoms with Crippen LogP contribution in [-0.2, 0) is 9.47 Å². The first-order valence-corrected chi connectivity index (χ1v) is 8.46. The van der Waals surface area contributed by atoms with Gasteiger partial charge in [-0.3, -0.25) is 9.98 Å². The molecule has 24 heavy (non-hydrogen) atoms. The molecule has 132 valence electrons. The highest BCUT2D eigenvalue weighted by molar-refractivity contribution is 6.30. The van der Waals surface area contributed by atoms with E-state index in [0.717, 1.165) is 11.3 Å². The maximum Gasteiger partial charge on any atom is 0.174 e. The SMILES string of the molecule is CCOC1(OCC)CC/C(=C(/N)CO)C(=Nc2cncc(Cl)c2)C1. The van der Waals surface area contributed by atoms with Gasteiger partial charge in [0.05, 0.1) is 29.2 Å². The Bertz CT molecular complexity index is 625. The van der Waals surface area contributed by atoms with Crippen molar-refractivity contribution in [2.45, 2.75) is 38.9 Å². The van der Waals surface area contributed by atoms with Crippen molar-refractivity contribution >= 4 is 23.0 Å². The molecule has 1 aromatic heterocycles. The molecule has 0 amide bonds. The van der Waals surface area contributed by atoms with Gasteiger partial charge in [-0.1, -0.05) is 11.6 Å². The number of aliphatic hydroxyl groups excluding tert-OH is 1. The molecule has 1 heterocycles. The molecule has 0 aromatic carbocycles. The second kappa shape index (κ2) is 8.58. The van der Waals surface area contributed by atoms with Crippen molar-refractivity contribution in [1.29, 1.82) is 0 Å². The predicted octanol–water partition coefficient (Wildman–Crippen LogP) is 2.97. The minimum Gasteiger partial charge on any atom is -0.400 e. The number of halogens is 1. The van der Waals surface area contributed by atoms with Crippen molar-refractivity contribution in [1.82, 2.24) is 4.98 Å². The second-order valence-corrected chi connectivity index (χ2v) is 5.97. The van der Waals surface area contributed by atoms with Crippen LogP contribution >= 0.6 is 11.6 Å². The Kier molecular flexibility index (Phi) is 6.74. The molecule has 0 radical (unpaired) electrons. The van der Waals surface area contributed by atoms with Gasteiger partial charge in [-0.15, -0.1) is 0 Å². The molecule has 0 spiro atoms. The molecule has 0 saturated heterocycles. The van der Waals surface area contributed by atoms with Crippen molar-refractivity contribution in [3.8, 4) is 0 Å². The average Bonchev–Trinajstić information content (AvgIpc) is 2.55. The van der Waals surface area contributed by atoms with Gasteiger partial charge in [-0.25, -0.2) is 0 Å². The fraction of sp³-hybridized carbons (Fsp3) is 0.529. The third kappa shape index (κ3) is 4.54. The Hall–Kier alpha value is -1.47. The Morgan fingerprint density at radius 3 is 2.67 bits per heavy atom. The van der Waals surface area contributed by atoms with Crippen LogP contribution in [0, 0.1) is 0 Å². The van der Waals surface area contributed by atoms with Crippen molar-refractivity contribution in [2.75, 3.05) is 19.8 Å². The van der Waals surface area contributed by atoms with Gasteiger partial charge in [0.15, 0.2) is 5.79 Å². The lowest BCUT2D eigenvalue weighted by Crippen LogP contribution is -2.43. The van der Waals surface area contributed by atoms with Gasteiger partial charge in [0.1, 0.15) is 0 Å². The van der Waals surface area contributed by atoms with Crippen molar-refractivity contribution in [2.24, 2.45) is 10.7 Å². The number of ether oxygens (including phenoxy) is 2. The first-order valence-electron chi connectivity index (χ1n) is 8.08. The zero-order valence-electron chi connectivity index (χ0n) is 14.1. The molecule has 0 atom stereocenters. The number of nitrogens with zero attached hydrogens (tertiary/aromatic N) is 2. The minimum absolute atomic E-state index is 0.210. The number of rotatable bonds is 6. The van der Waals surface area contributed by atoms with Crippen molar-refractivity contribution in [3.63, 3.8) is 0 Å². The summed E-state index contributed by atoms with van der Waals surface area (Å²) in [6, 6.07) is 1.73. The standard InChI is InChI=1S/C17H24ClN3O3/c1-3-23-17(24-4-2)6-5-14(15(19)11-22)16(8-17)21-13-7-12(18)9-20-10-13/h7,9-10,22H,3-6,8,11,19H2,1-2H3/b15-14-,21-16?. The van der Waals surface area contributed by atoms with Crippen LogP contribution in [0.15, 0.2) is 34.7 Å². The topological polar surface area (TPSA) is 90.0 Å². The molecule has 1 aromatic rings. The van der Waals surface area contributed by atoms with E-state index in [1.807, 2.05) is 13.8 Å². The van der Waals surface area contributed by atoms with Crippen LogP contribution in [-0.4, -0.2) is 41.4 Å². The summed E-state index contributed by atoms with van der Waals surface area (Å²) < 4.78 is 11.8. The molecule has 7 heteroatoms. The quantitative estimate of drug-likeness (QED) is 0.767. The van der Waals surface area contributed by atoms with Crippen molar-refractivity contribution in [3.05, 3.63) is 34.8 Å². The third-order valence-corrected chi connectivity index (χ3v) is 4.07. The summed E-state index contributed by atoms with van der Waals surface area (Å²) in [6.07, 6.45) is 4.92. The Balaban J connectivity index is 2.42. The zero-order valence-corrected chi connectivity index (χ0v) is 14.8. The highest BCUT2D eigenvalue weighted by Crippen LogP contribution is 2.36. The lowest BCUT2D eigenvalue weighted by atomic mass is 9.86. The monoisotopic (exact) mass is 353 g/mol. The number of allylic oxidation sites excluding steroid dienone is 1. The number of nitrogens with two attached hydrogens (primary N) is 1. The summed E-state index contributed by atoms with van der Waals surface area (Å²) >= 11 is 5.99. The normalized spacial score (nSPS) is 21.1. The van der Waals surface area contributed by atoms with E-state index in [0.29, 0.717) is 48.9 Å². The van der Waals surface area contributed by atoms with Crippen LogP contribution in [0.5, 0.6) is 0 Å². The summed E-state index contributed by atoms with van der Waals surface area (Å²) in [7, 11) is 0. The van der Waals surface area contributed by atoms with Crippen molar-refractivity contribution < 1.29 is 14.6 Å². The van der Waals surface area contributed by atoms with E-state index in [2.05, 4.69) is 9.98 Å². The number of aliphatic hydroxyl groups is 1. The van der Waals surface area contributed by atoms with E-state index >= 15 is 0 Å². The van der Waals surface area contributed by atoms with Crippen LogP contribution in [0.4, 0.5) is 5.69 Å². The molecule has 0 bridgehead atoms. The second-order valence-electron chi connectivity index (χ2n) is 5.54. The van der Waals surface area contributed by atoms with Gasteiger partial charge in [0, 0.05) is 37.9 Å². The lowest BCUT2D eigenvalue weighted by Gasteiger charge is -2.38. The fourth-order valence-corrected chi connectivity index (χ4v) is 3.06. The molecule has 3 N–H and O–H groups in total. The number of hydrogen-bond acceptors (Lipinski definition) is 6. The van der Waals surface area contributed by atoms with Gasteiger partial charge in [0.25, 0.3) is 0 Å². The van der Waals surface area contributed by atoms with E-state index < -0.39 is 5.79 Å². The molecule has 1 saturated carbocycles. The molecule has 0 unspecified atom stereocenters. The van der Waals surface area contributed by atoms with Crippen LogP contribution < -0.4 is 5.73 Å². The van der Waals surface area contributed by atoms with Gasteiger partial charge in [0.2, 0.25) is 0 Å². The number of hydrogen-bond donors (Lipinski definition) is 2. The highest BCUT2D eigenvalue weighted by Gasteiger charge is 2.39. The maximum atomic E-state index is 9.42. The molecule has 1 aliphatic rings. The highest BCUT2D eigenvalue weighted by atomic mass is 35.5. The first kappa shape index (κ1) is 18.9.